The molecule has 4 aromatic carbocycles. The highest BCUT2D eigenvalue weighted by Gasteiger charge is 2.27. The Kier molecular flexibility index (Phi) is 10.4. The van der Waals surface area contributed by atoms with Crippen LogP contribution in [0.5, 0.6) is 5.75 Å². The lowest BCUT2D eigenvalue weighted by Crippen LogP contribution is -2.20. The fourth-order valence-electron chi connectivity index (χ4n) is 6.66. The molecule has 0 aliphatic heterocycles. The van der Waals surface area contributed by atoms with Gasteiger partial charge in [-0.1, -0.05) is 113 Å². The summed E-state index contributed by atoms with van der Waals surface area (Å²) in [4.78, 5) is 16.8. The Balaban J connectivity index is 1.34. The van der Waals surface area contributed by atoms with Gasteiger partial charge in [0.1, 0.15) is 24.8 Å². The molecule has 5 aromatic rings. The highest BCUT2D eigenvalue weighted by Crippen LogP contribution is 2.41. The summed E-state index contributed by atoms with van der Waals surface area (Å²) in [6, 6.07) is 25.3. The van der Waals surface area contributed by atoms with Crippen molar-refractivity contribution >= 4 is 38.5 Å². The first kappa shape index (κ1) is 32.1. The van der Waals surface area contributed by atoms with Crippen molar-refractivity contribution in [2.24, 2.45) is 5.92 Å². The van der Waals surface area contributed by atoms with Gasteiger partial charge in [0.05, 0.1) is 11.0 Å². The molecule has 0 fully saturated rings. The third-order valence-electron chi connectivity index (χ3n) is 9.07. The van der Waals surface area contributed by atoms with Crippen LogP contribution in [0.2, 0.25) is 0 Å². The summed E-state index contributed by atoms with van der Waals surface area (Å²) in [6.07, 6.45) is 15.8. The van der Waals surface area contributed by atoms with Crippen LogP contribution in [-0.4, -0.2) is 35.3 Å². The minimum Gasteiger partial charge on any atom is -0.490 e. The average Bonchev–Trinajstić information content (AvgIpc) is 3.51. The molecule has 1 N–H and O–H groups in total. The normalized spacial score (nSPS) is 16.0. The van der Waals surface area contributed by atoms with Crippen molar-refractivity contribution < 1.29 is 14.3 Å². The molecule has 6 rings (SSSR count). The van der Waals surface area contributed by atoms with E-state index < -0.39 is 5.97 Å². The molecule has 0 radical (unpaired) electrons. The SMILES string of the molecule is C=CC(=O)OCCOc1ccc(-n2c(C3C=CC(NCCCCCCCC)=CC3C)nc3c4ccccc4c4ccccc4c32)cc1. The van der Waals surface area contributed by atoms with Gasteiger partial charge < -0.3 is 14.8 Å². The van der Waals surface area contributed by atoms with Crippen LogP contribution in [0, 0.1) is 5.92 Å². The van der Waals surface area contributed by atoms with E-state index in [0.717, 1.165) is 40.6 Å². The first-order chi connectivity index (χ1) is 23.1. The monoisotopic (exact) mass is 627 g/mol. The number of nitrogens with zero attached hydrogens (tertiary/aromatic N) is 2. The Morgan fingerprint density at radius 3 is 2.30 bits per heavy atom. The molecule has 0 spiro atoms. The van der Waals surface area contributed by atoms with Crippen LogP contribution in [0.15, 0.2) is 109 Å². The summed E-state index contributed by atoms with van der Waals surface area (Å²) in [5, 5.41) is 8.42. The molecular weight excluding hydrogens is 582 g/mol. The fraction of sp³-hybridized carbons (Fsp3) is 0.317. The van der Waals surface area contributed by atoms with E-state index in [-0.39, 0.29) is 25.0 Å². The summed E-state index contributed by atoms with van der Waals surface area (Å²) in [6.45, 7) is 9.41. The topological polar surface area (TPSA) is 65.4 Å². The summed E-state index contributed by atoms with van der Waals surface area (Å²) < 4.78 is 13.3. The molecule has 242 valence electrons. The Labute approximate surface area is 277 Å². The molecule has 2 unspecified atom stereocenters. The number of ether oxygens (including phenoxy) is 2. The van der Waals surface area contributed by atoms with Crippen LogP contribution < -0.4 is 10.1 Å². The maximum atomic E-state index is 11.4. The van der Waals surface area contributed by atoms with E-state index in [1.807, 2.05) is 12.1 Å². The van der Waals surface area contributed by atoms with Gasteiger partial charge in [-0.3, -0.25) is 4.57 Å². The molecule has 6 heteroatoms. The number of fused-ring (bicyclic) bond motifs is 6. The van der Waals surface area contributed by atoms with Crippen molar-refractivity contribution in [2.45, 2.75) is 58.3 Å². The highest BCUT2D eigenvalue weighted by atomic mass is 16.6. The van der Waals surface area contributed by atoms with Crippen LogP contribution in [0.3, 0.4) is 0 Å². The molecule has 1 heterocycles. The zero-order valence-electron chi connectivity index (χ0n) is 27.6. The van der Waals surface area contributed by atoms with E-state index in [2.05, 4.69) is 109 Å². The maximum Gasteiger partial charge on any atom is 0.330 e. The Morgan fingerprint density at radius 1 is 0.894 bits per heavy atom. The van der Waals surface area contributed by atoms with E-state index >= 15 is 0 Å². The van der Waals surface area contributed by atoms with Gasteiger partial charge in [-0.15, -0.1) is 0 Å². The number of allylic oxidation sites excluding steroid dienone is 3. The number of unbranched alkanes of at least 4 members (excludes halogenated alkanes) is 5. The molecule has 0 saturated carbocycles. The van der Waals surface area contributed by atoms with Crippen LogP contribution in [0.1, 0.15) is 64.1 Å². The standard InChI is InChI=1S/C41H45N3O3/c1-4-6-7-8-9-14-25-42-30-19-24-33(29(3)28-30)41-43-39-36-17-12-10-15-34(36)35-16-11-13-18-37(35)40(39)44(41)31-20-22-32(23-21-31)46-26-27-47-38(45)5-2/h5,10-13,15-24,28-29,33,42H,2,4,6-9,14,25-27H2,1,3H3. The third-order valence-corrected chi connectivity index (χ3v) is 9.07. The predicted octanol–water partition coefficient (Wildman–Crippen LogP) is 9.56. The molecule has 1 aromatic heterocycles. The Morgan fingerprint density at radius 2 is 1.57 bits per heavy atom. The number of carbonyl (C=O) groups excluding carboxylic acids is 1. The second-order valence-electron chi connectivity index (χ2n) is 12.4. The molecule has 2 atom stereocenters. The summed E-state index contributed by atoms with van der Waals surface area (Å²) in [5.41, 5.74) is 4.33. The van der Waals surface area contributed by atoms with Crippen LogP contribution in [-0.2, 0) is 9.53 Å². The van der Waals surface area contributed by atoms with Crippen molar-refractivity contribution in [1.82, 2.24) is 14.9 Å². The van der Waals surface area contributed by atoms with Gasteiger partial charge in [-0.25, -0.2) is 9.78 Å². The van der Waals surface area contributed by atoms with Gasteiger partial charge in [0.15, 0.2) is 0 Å². The lowest BCUT2D eigenvalue weighted by molar-refractivity contribution is -0.138. The van der Waals surface area contributed by atoms with E-state index in [4.69, 9.17) is 14.5 Å². The lowest BCUT2D eigenvalue weighted by atomic mass is 9.88. The first-order valence-electron chi connectivity index (χ1n) is 17.1. The lowest BCUT2D eigenvalue weighted by Gasteiger charge is -2.24. The Hall–Kier alpha value is -4.84. The zero-order valence-corrected chi connectivity index (χ0v) is 27.6. The van der Waals surface area contributed by atoms with Gasteiger partial charge in [0, 0.05) is 40.7 Å². The van der Waals surface area contributed by atoms with Crippen LogP contribution >= 0.6 is 0 Å². The highest BCUT2D eigenvalue weighted by molar-refractivity contribution is 6.23. The summed E-state index contributed by atoms with van der Waals surface area (Å²) >= 11 is 0. The van der Waals surface area contributed by atoms with E-state index in [0.29, 0.717) is 5.75 Å². The van der Waals surface area contributed by atoms with Gasteiger partial charge in [-0.05, 0) is 53.5 Å². The molecule has 1 aliphatic carbocycles. The number of benzene rings is 4. The summed E-state index contributed by atoms with van der Waals surface area (Å²) in [5.74, 6) is 1.61. The van der Waals surface area contributed by atoms with Gasteiger partial charge in [0.2, 0.25) is 0 Å². The van der Waals surface area contributed by atoms with Gasteiger partial charge >= 0.3 is 5.97 Å². The van der Waals surface area contributed by atoms with Crippen LogP contribution in [0.4, 0.5) is 0 Å². The largest absolute Gasteiger partial charge is 0.490 e. The van der Waals surface area contributed by atoms with Crippen molar-refractivity contribution in [1.29, 1.82) is 0 Å². The molecule has 0 amide bonds. The first-order valence-corrected chi connectivity index (χ1v) is 17.1. The minimum absolute atomic E-state index is 0.0926. The quantitative estimate of drug-likeness (QED) is 0.0542. The van der Waals surface area contributed by atoms with E-state index in [1.165, 1.54) is 60.4 Å². The van der Waals surface area contributed by atoms with Crippen LogP contribution in [0.25, 0.3) is 38.3 Å². The number of aromatic nitrogens is 2. The van der Waals surface area contributed by atoms with Gasteiger partial charge in [0.25, 0.3) is 0 Å². The molecular formula is C41H45N3O3. The van der Waals surface area contributed by atoms with E-state index in [9.17, 15) is 4.79 Å². The number of esters is 1. The number of hydrogen-bond acceptors (Lipinski definition) is 5. The van der Waals surface area contributed by atoms with Crippen molar-refractivity contribution in [3.05, 3.63) is 115 Å². The number of carbonyl (C=O) groups is 1. The molecule has 1 aliphatic rings. The zero-order chi connectivity index (χ0) is 32.6. The second-order valence-corrected chi connectivity index (χ2v) is 12.4. The molecule has 0 bridgehead atoms. The minimum atomic E-state index is -0.454. The smallest absolute Gasteiger partial charge is 0.330 e. The third kappa shape index (κ3) is 7.12. The number of hydrogen-bond donors (Lipinski definition) is 1. The molecule has 6 nitrogen and oxygen atoms in total. The average molecular weight is 628 g/mol. The number of rotatable bonds is 15. The second kappa shape index (κ2) is 15.2. The maximum absolute atomic E-state index is 11.4. The van der Waals surface area contributed by atoms with E-state index in [1.54, 1.807) is 0 Å². The fourth-order valence-corrected chi connectivity index (χ4v) is 6.66. The van der Waals surface area contributed by atoms with Crippen molar-refractivity contribution in [3.8, 4) is 11.4 Å². The summed E-state index contributed by atoms with van der Waals surface area (Å²) in [7, 11) is 0. The Bertz CT molecular complexity index is 1920. The number of nitrogens with one attached hydrogen (secondary N) is 1. The number of imidazole rings is 1. The molecule has 0 saturated heterocycles. The van der Waals surface area contributed by atoms with Crippen molar-refractivity contribution in [3.63, 3.8) is 0 Å². The predicted molar refractivity (Wildman–Crippen MR) is 193 cm³/mol. The molecule has 47 heavy (non-hydrogen) atoms. The van der Waals surface area contributed by atoms with Crippen molar-refractivity contribution in [2.75, 3.05) is 19.8 Å². The van der Waals surface area contributed by atoms with Gasteiger partial charge in [-0.2, -0.15) is 0 Å².